The summed E-state index contributed by atoms with van der Waals surface area (Å²) in [5.41, 5.74) is 0. The molecule has 2 heteroatoms. The van der Waals surface area contributed by atoms with Crippen LogP contribution in [-0.4, -0.2) is 17.6 Å². The van der Waals surface area contributed by atoms with E-state index in [4.69, 9.17) is 16.3 Å². The van der Waals surface area contributed by atoms with Gasteiger partial charge in [-0.1, -0.05) is 0 Å². The molecule has 9 heavy (non-hydrogen) atoms. The van der Waals surface area contributed by atoms with Crippen molar-refractivity contribution in [3.05, 3.63) is 0 Å². The largest absolute Gasteiger partial charge is 0.369 e. The van der Waals surface area contributed by atoms with Crippen molar-refractivity contribution in [2.45, 2.75) is 30.4 Å². The van der Waals surface area contributed by atoms with Crippen molar-refractivity contribution < 1.29 is 4.74 Å². The Morgan fingerprint density at radius 3 is 3.00 bits per heavy atom. The van der Waals surface area contributed by atoms with Crippen LogP contribution in [0.3, 0.4) is 0 Å². The molecule has 2 aliphatic carbocycles. The quantitative estimate of drug-likeness (QED) is 0.370. The molecule has 1 aliphatic heterocycles. The van der Waals surface area contributed by atoms with Gasteiger partial charge in [0.05, 0.1) is 12.2 Å². The minimum Gasteiger partial charge on any atom is -0.369 e. The first-order chi connectivity index (χ1) is 4.38. The van der Waals surface area contributed by atoms with Gasteiger partial charge in [-0.15, -0.1) is 11.6 Å². The molecule has 5 atom stereocenters. The highest BCUT2D eigenvalue weighted by atomic mass is 35.5. The van der Waals surface area contributed by atoms with Gasteiger partial charge in [-0.2, -0.15) is 0 Å². The van der Waals surface area contributed by atoms with Crippen LogP contribution in [0.15, 0.2) is 0 Å². The third kappa shape index (κ3) is 0.505. The first-order valence-electron chi connectivity index (χ1n) is 3.67. The van der Waals surface area contributed by atoms with Crippen LogP contribution >= 0.6 is 11.6 Å². The Labute approximate surface area is 59.3 Å². The number of fused-ring (bicyclic) bond motifs is 3. The van der Waals surface area contributed by atoms with Crippen LogP contribution in [-0.2, 0) is 4.74 Å². The molecule has 5 unspecified atom stereocenters. The van der Waals surface area contributed by atoms with E-state index in [2.05, 4.69) is 0 Å². The van der Waals surface area contributed by atoms with Crippen LogP contribution in [0.1, 0.15) is 12.8 Å². The summed E-state index contributed by atoms with van der Waals surface area (Å²) >= 11 is 6.00. The highest BCUT2D eigenvalue weighted by molar-refractivity contribution is 6.23. The molecule has 3 aliphatic rings. The maximum absolute atomic E-state index is 6.00. The zero-order valence-corrected chi connectivity index (χ0v) is 5.84. The van der Waals surface area contributed by atoms with Crippen LogP contribution in [0, 0.1) is 11.8 Å². The molecule has 0 spiro atoms. The summed E-state index contributed by atoms with van der Waals surface area (Å²) in [6.07, 6.45) is 3.80. The van der Waals surface area contributed by atoms with E-state index in [1.807, 2.05) is 0 Å². The third-order valence-corrected chi connectivity index (χ3v) is 3.53. The molecule has 3 fully saturated rings. The molecule has 0 bridgehead atoms. The Morgan fingerprint density at radius 2 is 2.22 bits per heavy atom. The molecule has 1 heterocycles. The van der Waals surface area contributed by atoms with Crippen molar-refractivity contribution in [2.24, 2.45) is 11.8 Å². The van der Waals surface area contributed by atoms with E-state index in [1.54, 1.807) is 0 Å². The van der Waals surface area contributed by atoms with E-state index in [-0.39, 0.29) is 0 Å². The van der Waals surface area contributed by atoms with E-state index in [0.717, 1.165) is 11.8 Å². The summed E-state index contributed by atoms with van der Waals surface area (Å²) in [6, 6.07) is 0. The normalized spacial score (nSPS) is 68.3. The second-order valence-corrected chi connectivity index (χ2v) is 3.91. The van der Waals surface area contributed by atoms with E-state index in [0.29, 0.717) is 17.6 Å². The number of halogens is 1. The molecule has 1 nitrogen and oxygen atoms in total. The zero-order valence-electron chi connectivity index (χ0n) is 5.09. The summed E-state index contributed by atoms with van der Waals surface area (Å²) in [6.45, 7) is 0. The van der Waals surface area contributed by atoms with Gasteiger partial charge in [0.1, 0.15) is 0 Å². The number of rotatable bonds is 0. The van der Waals surface area contributed by atoms with E-state index >= 15 is 0 Å². The van der Waals surface area contributed by atoms with E-state index < -0.39 is 0 Å². The lowest BCUT2D eigenvalue weighted by molar-refractivity contribution is 0.361. The van der Waals surface area contributed by atoms with Crippen molar-refractivity contribution in [1.82, 2.24) is 0 Å². The Hall–Kier alpha value is 0.250. The Kier molecular flexibility index (Phi) is 0.720. The monoisotopic (exact) mass is 144 g/mol. The maximum Gasteiger partial charge on any atom is 0.0887 e. The van der Waals surface area contributed by atoms with Crippen LogP contribution in [0.2, 0.25) is 0 Å². The van der Waals surface area contributed by atoms with Gasteiger partial charge in [0, 0.05) is 11.3 Å². The third-order valence-electron chi connectivity index (χ3n) is 2.92. The van der Waals surface area contributed by atoms with E-state index in [1.165, 1.54) is 12.8 Å². The van der Waals surface area contributed by atoms with Crippen molar-refractivity contribution in [1.29, 1.82) is 0 Å². The Bertz CT molecular complexity index is 157. The molecular formula is C7H9ClO. The van der Waals surface area contributed by atoms with Gasteiger partial charge < -0.3 is 4.74 Å². The lowest BCUT2D eigenvalue weighted by atomic mass is 10.0. The minimum atomic E-state index is 0.475. The molecule has 50 valence electrons. The summed E-state index contributed by atoms with van der Waals surface area (Å²) < 4.78 is 5.42. The predicted octanol–water partition coefficient (Wildman–Crippen LogP) is 1.40. The number of ether oxygens (including phenoxy) is 1. The van der Waals surface area contributed by atoms with Crippen LogP contribution in [0.25, 0.3) is 0 Å². The van der Waals surface area contributed by atoms with Crippen molar-refractivity contribution in [3.8, 4) is 0 Å². The average Bonchev–Trinajstić information content (AvgIpc) is 2.64. The first kappa shape index (κ1) is 4.97. The average molecular weight is 145 g/mol. The standard InChI is InChI=1S/C7H9ClO/c8-6-3-1-2-4-7(9-4)5(3)6/h3-7H,1-2H2. The van der Waals surface area contributed by atoms with Gasteiger partial charge in [0.2, 0.25) is 0 Å². The Morgan fingerprint density at radius 1 is 1.33 bits per heavy atom. The fourth-order valence-corrected chi connectivity index (χ4v) is 2.76. The molecule has 3 rings (SSSR count). The van der Waals surface area contributed by atoms with Crippen LogP contribution in [0.5, 0.6) is 0 Å². The molecule has 2 saturated carbocycles. The van der Waals surface area contributed by atoms with Gasteiger partial charge in [-0.05, 0) is 18.8 Å². The molecule has 0 radical (unpaired) electrons. The van der Waals surface area contributed by atoms with Gasteiger partial charge in [0.25, 0.3) is 0 Å². The van der Waals surface area contributed by atoms with Gasteiger partial charge in [-0.25, -0.2) is 0 Å². The molecule has 0 amide bonds. The van der Waals surface area contributed by atoms with Crippen molar-refractivity contribution in [2.75, 3.05) is 0 Å². The first-order valence-corrected chi connectivity index (χ1v) is 4.11. The second-order valence-electron chi connectivity index (χ2n) is 3.40. The predicted molar refractivity (Wildman–Crippen MR) is 34.5 cm³/mol. The summed E-state index contributed by atoms with van der Waals surface area (Å²) in [5.74, 6) is 1.58. The molecule has 0 aromatic heterocycles. The minimum absolute atomic E-state index is 0.475. The maximum atomic E-state index is 6.00. The zero-order chi connectivity index (χ0) is 6.01. The lowest BCUT2D eigenvalue weighted by Crippen LogP contribution is -2.04. The van der Waals surface area contributed by atoms with Gasteiger partial charge in [0.15, 0.2) is 0 Å². The number of hydrogen-bond acceptors (Lipinski definition) is 1. The summed E-state index contributed by atoms with van der Waals surface area (Å²) in [7, 11) is 0. The molecule has 0 N–H and O–H groups in total. The smallest absolute Gasteiger partial charge is 0.0887 e. The molecule has 0 aromatic rings. The van der Waals surface area contributed by atoms with Crippen molar-refractivity contribution in [3.63, 3.8) is 0 Å². The topological polar surface area (TPSA) is 12.5 Å². The second kappa shape index (κ2) is 1.30. The van der Waals surface area contributed by atoms with Gasteiger partial charge in [-0.3, -0.25) is 0 Å². The SMILES string of the molecule is ClC1C2CCC3OC3C12. The summed E-state index contributed by atoms with van der Waals surface area (Å²) in [5, 5.41) is 0.475. The number of epoxide rings is 1. The number of hydrogen-bond donors (Lipinski definition) is 0. The lowest BCUT2D eigenvalue weighted by Gasteiger charge is -1.99. The van der Waals surface area contributed by atoms with Gasteiger partial charge >= 0.3 is 0 Å². The highest BCUT2D eigenvalue weighted by Gasteiger charge is 2.64. The van der Waals surface area contributed by atoms with E-state index in [9.17, 15) is 0 Å². The Balaban J connectivity index is 1.86. The highest BCUT2D eigenvalue weighted by Crippen LogP contribution is 2.60. The molecule has 1 saturated heterocycles. The van der Waals surface area contributed by atoms with Crippen LogP contribution in [0.4, 0.5) is 0 Å². The molecular weight excluding hydrogens is 136 g/mol. The van der Waals surface area contributed by atoms with Crippen LogP contribution < -0.4 is 0 Å². The fourth-order valence-electron chi connectivity index (χ4n) is 2.22. The van der Waals surface area contributed by atoms with Crippen molar-refractivity contribution >= 4 is 11.6 Å². The summed E-state index contributed by atoms with van der Waals surface area (Å²) in [4.78, 5) is 0. The number of alkyl halides is 1. The fraction of sp³-hybridized carbons (Fsp3) is 1.00. The molecule has 0 aromatic carbocycles.